The van der Waals surface area contributed by atoms with Gasteiger partial charge in [-0.1, -0.05) is 12.1 Å². The highest BCUT2D eigenvalue weighted by atomic mass is 127. The molecule has 0 aromatic heterocycles. The summed E-state index contributed by atoms with van der Waals surface area (Å²) in [6, 6.07) is 5.17. The minimum atomic E-state index is -3.23. The fourth-order valence-corrected chi connectivity index (χ4v) is 3.32. The molecule has 3 N–H and O–H groups in total. The average molecular weight is 510 g/mol. The molecule has 0 heterocycles. The zero-order valence-electron chi connectivity index (χ0n) is 16.8. The van der Waals surface area contributed by atoms with Crippen LogP contribution < -0.4 is 16.0 Å². The Balaban J connectivity index is 0.00000676. The van der Waals surface area contributed by atoms with Crippen LogP contribution in [0.3, 0.4) is 0 Å². The van der Waals surface area contributed by atoms with Crippen LogP contribution in [0.4, 0.5) is 0 Å². The lowest BCUT2D eigenvalue weighted by Crippen LogP contribution is -2.48. The van der Waals surface area contributed by atoms with Crippen molar-refractivity contribution < 1.29 is 13.2 Å². The van der Waals surface area contributed by atoms with Crippen LogP contribution in [0.2, 0.25) is 0 Å². The van der Waals surface area contributed by atoms with Crippen molar-refractivity contribution in [3.63, 3.8) is 0 Å². The van der Waals surface area contributed by atoms with Gasteiger partial charge in [-0.15, -0.1) is 24.0 Å². The van der Waals surface area contributed by atoms with E-state index >= 15 is 0 Å². The van der Waals surface area contributed by atoms with Crippen molar-refractivity contribution in [3.05, 3.63) is 29.3 Å². The topological polar surface area (TPSA) is 99.7 Å². The Morgan fingerprint density at radius 3 is 2.30 bits per heavy atom. The summed E-state index contributed by atoms with van der Waals surface area (Å²) in [7, 11) is -3.23. The number of carbonyl (C=O) groups is 1. The number of carbonyl (C=O) groups excluding carboxylic acids is 1. The molecule has 0 aliphatic rings. The van der Waals surface area contributed by atoms with E-state index in [1.165, 1.54) is 6.26 Å². The normalized spacial score (nSPS) is 12.1. The number of sulfone groups is 1. The molecule has 0 aliphatic heterocycles. The van der Waals surface area contributed by atoms with Crippen molar-refractivity contribution in [1.82, 2.24) is 16.0 Å². The molecule has 0 radical (unpaired) electrons. The molecule has 154 valence electrons. The smallest absolute Gasteiger partial charge is 0.239 e. The maximum atomic E-state index is 11.9. The number of benzene rings is 1. The van der Waals surface area contributed by atoms with Crippen molar-refractivity contribution >= 4 is 45.7 Å². The van der Waals surface area contributed by atoms with E-state index in [0.717, 1.165) is 5.56 Å². The molecule has 1 amide bonds. The number of hydrogen-bond donors (Lipinski definition) is 3. The third kappa shape index (κ3) is 9.94. The maximum Gasteiger partial charge on any atom is 0.239 e. The Morgan fingerprint density at radius 1 is 1.19 bits per heavy atom. The van der Waals surface area contributed by atoms with E-state index in [-0.39, 0.29) is 42.0 Å². The Labute approximate surface area is 179 Å². The first kappa shape index (κ1) is 25.6. The molecule has 1 aromatic rings. The van der Waals surface area contributed by atoms with Crippen molar-refractivity contribution in [3.8, 4) is 0 Å². The molecule has 0 saturated heterocycles. The van der Waals surface area contributed by atoms with Crippen LogP contribution in [0.25, 0.3) is 0 Å². The molecule has 0 bridgehead atoms. The quantitative estimate of drug-likeness (QED) is 0.309. The zero-order valence-corrected chi connectivity index (χ0v) is 20.0. The van der Waals surface area contributed by atoms with Crippen LogP contribution in [0.1, 0.15) is 38.8 Å². The van der Waals surface area contributed by atoms with E-state index in [4.69, 9.17) is 0 Å². The van der Waals surface area contributed by atoms with Gasteiger partial charge in [-0.05, 0) is 51.8 Å². The summed E-state index contributed by atoms with van der Waals surface area (Å²) in [5.41, 5.74) is 1.31. The minimum Gasteiger partial charge on any atom is -0.357 e. The van der Waals surface area contributed by atoms with Gasteiger partial charge in [0, 0.05) is 18.3 Å². The molecule has 0 unspecified atom stereocenters. The number of halogens is 1. The number of aryl methyl sites for hydroxylation is 1. The van der Waals surface area contributed by atoms with Crippen LogP contribution >= 0.6 is 24.0 Å². The van der Waals surface area contributed by atoms with E-state index in [2.05, 4.69) is 20.9 Å². The van der Waals surface area contributed by atoms with Gasteiger partial charge >= 0.3 is 0 Å². The van der Waals surface area contributed by atoms with Gasteiger partial charge in [-0.2, -0.15) is 0 Å². The van der Waals surface area contributed by atoms with Gasteiger partial charge in [-0.25, -0.2) is 13.4 Å². The van der Waals surface area contributed by atoms with Crippen LogP contribution in [-0.4, -0.2) is 45.2 Å². The minimum absolute atomic E-state index is 0. The highest BCUT2D eigenvalue weighted by molar-refractivity contribution is 14.0. The fraction of sp³-hybridized carbons (Fsp3) is 0.556. The average Bonchev–Trinajstić information content (AvgIpc) is 2.47. The number of hydrogen-bond acceptors (Lipinski definition) is 4. The second kappa shape index (κ2) is 10.8. The van der Waals surface area contributed by atoms with Crippen molar-refractivity contribution in [2.24, 2.45) is 4.99 Å². The second-order valence-corrected chi connectivity index (χ2v) is 9.20. The lowest BCUT2D eigenvalue weighted by atomic mass is 10.1. The molecule has 1 rings (SSSR count). The summed E-state index contributed by atoms with van der Waals surface area (Å²) in [5.74, 6) is 0.415. The molecule has 0 atom stereocenters. The molecule has 27 heavy (non-hydrogen) atoms. The number of nitrogens with one attached hydrogen (secondary N) is 3. The molecule has 7 nitrogen and oxygen atoms in total. The van der Waals surface area contributed by atoms with Crippen LogP contribution in [0.15, 0.2) is 28.1 Å². The van der Waals surface area contributed by atoms with Crippen molar-refractivity contribution in [1.29, 1.82) is 0 Å². The van der Waals surface area contributed by atoms with E-state index < -0.39 is 9.84 Å². The SMILES string of the molecule is CCNC(=NCc1ccc(S(C)(=O)=O)c(C)c1)NCC(=O)NC(C)(C)C.I. The number of guanidine groups is 1. The third-order valence-electron chi connectivity index (χ3n) is 3.33. The van der Waals surface area contributed by atoms with Crippen molar-refractivity contribution in [2.75, 3.05) is 19.3 Å². The summed E-state index contributed by atoms with van der Waals surface area (Å²) < 4.78 is 23.4. The van der Waals surface area contributed by atoms with E-state index in [0.29, 0.717) is 29.5 Å². The molecule has 0 saturated carbocycles. The van der Waals surface area contributed by atoms with Gasteiger partial charge in [0.05, 0.1) is 18.0 Å². The standard InChI is InChI=1S/C18H30N4O3S.HI/c1-7-19-17(21-12-16(23)22-18(3,4)5)20-11-14-8-9-15(13(2)10-14)26(6,24)25;/h8-10H,7,11-12H2,1-6H3,(H,22,23)(H2,19,20,21);1H. The van der Waals surface area contributed by atoms with Gasteiger partial charge in [-0.3, -0.25) is 4.79 Å². The predicted octanol–water partition coefficient (Wildman–Crippen LogP) is 1.99. The van der Waals surface area contributed by atoms with Gasteiger partial charge in [0.15, 0.2) is 15.8 Å². The van der Waals surface area contributed by atoms with Gasteiger partial charge < -0.3 is 16.0 Å². The summed E-state index contributed by atoms with van der Waals surface area (Å²) in [6.45, 7) is 10.6. The molecular weight excluding hydrogens is 479 g/mol. The summed E-state index contributed by atoms with van der Waals surface area (Å²) in [5, 5.41) is 8.96. The molecule has 0 aliphatic carbocycles. The first-order chi connectivity index (χ1) is 11.9. The van der Waals surface area contributed by atoms with E-state index in [1.807, 2.05) is 33.8 Å². The Bertz CT molecular complexity index is 771. The summed E-state index contributed by atoms with van der Waals surface area (Å²) >= 11 is 0. The number of amides is 1. The zero-order chi connectivity index (χ0) is 20.0. The summed E-state index contributed by atoms with van der Waals surface area (Å²) in [4.78, 5) is 16.7. The predicted molar refractivity (Wildman–Crippen MR) is 120 cm³/mol. The van der Waals surface area contributed by atoms with Gasteiger partial charge in [0.2, 0.25) is 5.91 Å². The summed E-state index contributed by atoms with van der Waals surface area (Å²) in [6.07, 6.45) is 1.20. The van der Waals surface area contributed by atoms with Crippen LogP contribution in [0, 0.1) is 6.92 Å². The highest BCUT2D eigenvalue weighted by Crippen LogP contribution is 2.17. The second-order valence-electron chi connectivity index (χ2n) is 7.22. The molecule has 1 aromatic carbocycles. The Kier molecular flexibility index (Phi) is 10.3. The number of rotatable bonds is 6. The maximum absolute atomic E-state index is 11.9. The number of nitrogens with zero attached hydrogens (tertiary/aromatic N) is 1. The van der Waals surface area contributed by atoms with Crippen LogP contribution in [-0.2, 0) is 21.2 Å². The third-order valence-corrected chi connectivity index (χ3v) is 4.59. The molecule has 0 fully saturated rings. The largest absolute Gasteiger partial charge is 0.357 e. The van der Waals surface area contributed by atoms with Gasteiger partial charge in [0.1, 0.15) is 0 Å². The fourth-order valence-electron chi connectivity index (χ4n) is 2.36. The highest BCUT2D eigenvalue weighted by Gasteiger charge is 2.14. The lowest BCUT2D eigenvalue weighted by Gasteiger charge is -2.21. The first-order valence-corrected chi connectivity index (χ1v) is 10.4. The number of aliphatic imine (C=N–C) groups is 1. The van der Waals surface area contributed by atoms with Crippen LogP contribution in [0.5, 0.6) is 0 Å². The Morgan fingerprint density at radius 2 is 1.81 bits per heavy atom. The lowest BCUT2D eigenvalue weighted by molar-refractivity contribution is -0.121. The molecule has 9 heteroatoms. The first-order valence-electron chi connectivity index (χ1n) is 8.55. The monoisotopic (exact) mass is 510 g/mol. The van der Waals surface area contributed by atoms with E-state index in [1.54, 1.807) is 19.1 Å². The Hall–Kier alpha value is -1.36. The van der Waals surface area contributed by atoms with Gasteiger partial charge in [0.25, 0.3) is 0 Å². The van der Waals surface area contributed by atoms with Crippen molar-refractivity contribution in [2.45, 2.75) is 51.6 Å². The van der Waals surface area contributed by atoms with E-state index in [9.17, 15) is 13.2 Å². The molecule has 0 spiro atoms. The molecular formula is C18H31IN4O3S.